The fourth-order valence-corrected chi connectivity index (χ4v) is 2.21. The summed E-state index contributed by atoms with van der Waals surface area (Å²) < 4.78 is 20.9. The first-order valence-electron chi connectivity index (χ1n) is 5.93. The Morgan fingerprint density at radius 1 is 1.55 bits per heavy atom. The zero-order chi connectivity index (χ0) is 14.9. The third kappa shape index (κ3) is 2.53. The number of aryl methyl sites for hydroxylation is 1. The molecule has 0 saturated carbocycles. The second-order valence-corrected chi connectivity index (χ2v) is 4.96. The van der Waals surface area contributed by atoms with Crippen LogP contribution in [0.1, 0.15) is 23.2 Å². The molecule has 0 aliphatic heterocycles. The second kappa shape index (κ2) is 5.62. The number of nitrogens with zero attached hydrogens (tertiary/aromatic N) is 2. The summed E-state index contributed by atoms with van der Waals surface area (Å²) in [5.74, 6) is -0.626. The fraction of sp³-hybridized carbons (Fsp3) is 0.231. The minimum Gasteiger partial charge on any atom is -0.461 e. The van der Waals surface area contributed by atoms with E-state index in [1.807, 2.05) is 0 Å². The zero-order valence-electron chi connectivity index (χ0n) is 11.0. The molecule has 106 valence electrons. The lowest BCUT2D eigenvalue weighted by Gasteiger charge is -2.09. The highest BCUT2D eigenvalue weighted by Crippen LogP contribution is 2.25. The average Bonchev–Trinajstić information content (AvgIpc) is 2.68. The summed E-state index contributed by atoms with van der Waals surface area (Å²) in [4.78, 5) is 15.8. The lowest BCUT2D eigenvalue weighted by molar-refractivity contribution is 0.0521. The maximum atomic E-state index is 13.9. The van der Waals surface area contributed by atoms with Crippen LogP contribution in [0.2, 0.25) is 0 Å². The Labute approximate surface area is 123 Å². The highest BCUT2D eigenvalue weighted by molar-refractivity contribution is 9.10. The van der Waals surface area contributed by atoms with Gasteiger partial charge in [-0.25, -0.2) is 14.2 Å². The molecule has 20 heavy (non-hydrogen) atoms. The molecule has 0 atom stereocenters. The summed E-state index contributed by atoms with van der Waals surface area (Å²) in [6.07, 6.45) is 0. The summed E-state index contributed by atoms with van der Waals surface area (Å²) in [6, 6.07) is 4.45. The van der Waals surface area contributed by atoms with Gasteiger partial charge in [0.05, 0.1) is 12.3 Å². The van der Waals surface area contributed by atoms with Crippen LogP contribution < -0.4 is 5.73 Å². The number of hydrogen-bond acceptors (Lipinski definition) is 4. The van der Waals surface area contributed by atoms with Crippen molar-refractivity contribution in [2.24, 2.45) is 0 Å². The monoisotopic (exact) mass is 341 g/mol. The first-order chi connectivity index (χ1) is 9.45. The van der Waals surface area contributed by atoms with Gasteiger partial charge in [-0.05, 0) is 32.0 Å². The van der Waals surface area contributed by atoms with Gasteiger partial charge < -0.3 is 10.5 Å². The van der Waals surface area contributed by atoms with Gasteiger partial charge in [0.2, 0.25) is 0 Å². The van der Waals surface area contributed by atoms with Gasteiger partial charge in [0.15, 0.2) is 5.69 Å². The van der Waals surface area contributed by atoms with E-state index in [-0.39, 0.29) is 23.8 Å². The van der Waals surface area contributed by atoms with E-state index in [9.17, 15) is 9.18 Å². The first kappa shape index (κ1) is 14.5. The molecule has 1 heterocycles. The van der Waals surface area contributed by atoms with Gasteiger partial charge in [-0.15, -0.1) is 0 Å². The lowest BCUT2D eigenvalue weighted by Crippen LogP contribution is -2.10. The Bertz CT molecular complexity index is 670. The number of hydrogen-bond donors (Lipinski definition) is 1. The number of esters is 1. The quantitative estimate of drug-likeness (QED) is 0.871. The number of aromatic nitrogens is 2. The molecule has 2 aromatic rings. The first-order valence-corrected chi connectivity index (χ1v) is 6.72. The molecular formula is C13H13BrFN3O2. The van der Waals surface area contributed by atoms with Crippen LogP contribution >= 0.6 is 15.9 Å². The van der Waals surface area contributed by atoms with Gasteiger partial charge in [-0.1, -0.05) is 15.9 Å². The van der Waals surface area contributed by atoms with Crippen LogP contribution in [-0.4, -0.2) is 22.1 Å². The molecule has 0 aliphatic rings. The molecule has 2 N–H and O–H groups in total. The van der Waals surface area contributed by atoms with Crippen molar-refractivity contribution in [1.82, 2.24) is 9.55 Å². The van der Waals surface area contributed by atoms with Crippen LogP contribution in [0.15, 0.2) is 22.7 Å². The normalized spacial score (nSPS) is 10.6. The SMILES string of the molecule is CCOC(=O)c1nc(C)n(-c2cc(Br)ccc2F)c1N. The Hall–Kier alpha value is -1.89. The molecule has 0 bridgehead atoms. The standard InChI is InChI=1S/C13H13BrFN3O2/c1-3-20-13(19)11-12(16)18(7(2)17-11)10-6-8(14)4-5-9(10)15/h4-6H,3,16H2,1-2H3. The van der Waals surface area contributed by atoms with E-state index >= 15 is 0 Å². The Morgan fingerprint density at radius 3 is 2.90 bits per heavy atom. The number of carbonyl (C=O) groups is 1. The van der Waals surface area contributed by atoms with Crippen molar-refractivity contribution in [3.05, 3.63) is 40.0 Å². The van der Waals surface area contributed by atoms with Crippen LogP contribution in [0.4, 0.5) is 10.2 Å². The van der Waals surface area contributed by atoms with Crippen molar-refractivity contribution in [2.45, 2.75) is 13.8 Å². The molecule has 0 fully saturated rings. The molecule has 0 unspecified atom stereocenters. The summed E-state index contributed by atoms with van der Waals surface area (Å²) >= 11 is 3.27. The number of benzene rings is 1. The largest absolute Gasteiger partial charge is 0.461 e. The molecule has 1 aromatic carbocycles. The van der Waals surface area contributed by atoms with E-state index in [1.165, 1.54) is 10.6 Å². The molecule has 5 nitrogen and oxygen atoms in total. The number of ether oxygens (including phenoxy) is 1. The van der Waals surface area contributed by atoms with Gasteiger partial charge in [0, 0.05) is 4.47 Å². The maximum absolute atomic E-state index is 13.9. The van der Waals surface area contributed by atoms with Crippen LogP contribution in [0, 0.1) is 12.7 Å². The van der Waals surface area contributed by atoms with Crippen molar-refractivity contribution < 1.29 is 13.9 Å². The predicted octanol–water partition coefficient (Wildman–Crippen LogP) is 2.84. The third-order valence-electron chi connectivity index (χ3n) is 2.70. The lowest BCUT2D eigenvalue weighted by atomic mass is 10.3. The highest BCUT2D eigenvalue weighted by Gasteiger charge is 2.22. The Balaban J connectivity index is 2.58. The van der Waals surface area contributed by atoms with Crippen molar-refractivity contribution in [3.63, 3.8) is 0 Å². The second-order valence-electron chi connectivity index (χ2n) is 4.04. The van der Waals surface area contributed by atoms with Gasteiger partial charge in [0.1, 0.15) is 17.5 Å². The summed E-state index contributed by atoms with van der Waals surface area (Å²) in [7, 11) is 0. The minimum absolute atomic E-state index is 0.0104. The van der Waals surface area contributed by atoms with Crippen LogP contribution in [-0.2, 0) is 4.74 Å². The van der Waals surface area contributed by atoms with Crippen molar-refractivity contribution in [3.8, 4) is 5.69 Å². The van der Waals surface area contributed by atoms with Gasteiger partial charge in [-0.2, -0.15) is 0 Å². The molecular weight excluding hydrogens is 329 g/mol. The van der Waals surface area contributed by atoms with Gasteiger partial charge in [0.25, 0.3) is 0 Å². The third-order valence-corrected chi connectivity index (χ3v) is 3.19. The highest BCUT2D eigenvalue weighted by atomic mass is 79.9. The van der Waals surface area contributed by atoms with E-state index in [1.54, 1.807) is 26.0 Å². The van der Waals surface area contributed by atoms with Crippen LogP contribution in [0.5, 0.6) is 0 Å². The van der Waals surface area contributed by atoms with Crippen molar-refractivity contribution >= 4 is 27.7 Å². The van der Waals surface area contributed by atoms with E-state index in [4.69, 9.17) is 10.5 Å². The van der Waals surface area contributed by atoms with Crippen molar-refractivity contribution in [1.29, 1.82) is 0 Å². The minimum atomic E-state index is -0.623. The van der Waals surface area contributed by atoms with Crippen LogP contribution in [0.25, 0.3) is 5.69 Å². The number of anilines is 1. The zero-order valence-corrected chi connectivity index (χ0v) is 12.6. The molecule has 0 amide bonds. The number of carbonyl (C=O) groups excluding carboxylic acids is 1. The van der Waals surface area contributed by atoms with E-state index in [2.05, 4.69) is 20.9 Å². The molecule has 2 rings (SSSR count). The van der Waals surface area contributed by atoms with E-state index in [0.29, 0.717) is 10.3 Å². The summed E-state index contributed by atoms with van der Waals surface area (Å²) in [6.45, 7) is 3.54. The topological polar surface area (TPSA) is 70.1 Å². The fourth-order valence-electron chi connectivity index (χ4n) is 1.86. The maximum Gasteiger partial charge on any atom is 0.360 e. The van der Waals surface area contributed by atoms with Gasteiger partial charge >= 0.3 is 5.97 Å². The average molecular weight is 342 g/mol. The summed E-state index contributed by atoms with van der Waals surface area (Å²) in [5, 5.41) is 0. The molecule has 0 spiro atoms. The smallest absolute Gasteiger partial charge is 0.360 e. The van der Waals surface area contributed by atoms with Gasteiger partial charge in [-0.3, -0.25) is 4.57 Å². The number of nitrogens with two attached hydrogens (primary N) is 1. The Kier molecular flexibility index (Phi) is 4.08. The number of halogens is 2. The number of nitrogen functional groups attached to an aromatic ring is 1. The number of imidazole rings is 1. The molecule has 0 aliphatic carbocycles. The van der Waals surface area contributed by atoms with Crippen LogP contribution in [0.3, 0.4) is 0 Å². The molecule has 0 radical (unpaired) electrons. The van der Waals surface area contributed by atoms with E-state index in [0.717, 1.165) is 0 Å². The van der Waals surface area contributed by atoms with Crippen molar-refractivity contribution in [2.75, 3.05) is 12.3 Å². The van der Waals surface area contributed by atoms with E-state index < -0.39 is 11.8 Å². The number of rotatable bonds is 3. The predicted molar refractivity (Wildman–Crippen MR) is 76.3 cm³/mol. The molecule has 7 heteroatoms. The Morgan fingerprint density at radius 2 is 2.25 bits per heavy atom. The molecule has 1 aromatic heterocycles. The summed E-state index contributed by atoms with van der Waals surface area (Å²) in [5.41, 5.74) is 6.11. The molecule has 0 saturated heterocycles.